The van der Waals surface area contributed by atoms with Gasteiger partial charge in [0.2, 0.25) is 0 Å². The van der Waals surface area contributed by atoms with Gasteiger partial charge in [0, 0.05) is 36.2 Å². The number of sulfone groups is 1. The molecule has 0 saturated heterocycles. The minimum absolute atomic E-state index is 0.133. The predicted octanol–water partition coefficient (Wildman–Crippen LogP) is 3.07. The number of nitrogens with one attached hydrogen (secondary N) is 1. The van der Waals surface area contributed by atoms with Crippen molar-refractivity contribution >= 4 is 9.84 Å². The fourth-order valence-electron chi connectivity index (χ4n) is 2.84. The maximum atomic E-state index is 11.7. The van der Waals surface area contributed by atoms with Crippen molar-refractivity contribution in [3.8, 4) is 22.7 Å². The lowest BCUT2D eigenvalue weighted by Crippen LogP contribution is -2.23. The standard InChI is InChI=1S/C21H25N3O3S/c1-3-28(25,26)14-13-22-15-18-16-24(19-7-5-4-6-8-19)23-21(18)17-9-11-20(27-2)12-10-17/h4-12,16,22H,3,13-15H2,1-2H3. The molecule has 148 valence electrons. The van der Waals surface area contributed by atoms with Gasteiger partial charge in [0.15, 0.2) is 9.84 Å². The van der Waals surface area contributed by atoms with Crippen LogP contribution in [0.5, 0.6) is 5.75 Å². The summed E-state index contributed by atoms with van der Waals surface area (Å²) in [7, 11) is -1.34. The SMILES string of the molecule is CCS(=O)(=O)CCNCc1cn(-c2ccccc2)nc1-c1ccc(OC)cc1. The number of rotatable bonds is 9. The van der Waals surface area contributed by atoms with Crippen molar-refractivity contribution in [1.82, 2.24) is 15.1 Å². The van der Waals surface area contributed by atoms with E-state index in [1.54, 1.807) is 14.0 Å². The Morgan fingerprint density at radius 1 is 1.07 bits per heavy atom. The molecule has 28 heavy (non-hydrogen) atoms. The fourth-order valence-corrected chi connectivity index (χ4v) is 3.58. The molecule has 2 aromatic carbocycles. The number of benzene rings is 2. The second-order valence-corrected chi connectivity index (χ2v) is 8.90. The van der Waals surface area contributed by atoms with Gasteiger partial charge in [0.1, 0.15) is 5.75 Å². The number of methoxy groups -OCH3 is 1. The van der Waals surface area contributed by atoms with Gasteiger partial charge in [0.25, 0.3) is 0 Å². The second-order valence-electron chi connectivity index (χ2n) is 6.42. The summed E-state index contributed by atoms with van der Waals surface area (Å²) < 4.78 is 30.4. The lowest BCUT2D eigenvalue weighted by molar-refractivity contribution is 0.415. The summed E-state index contributed by atoms with van der Waals surface area (Å²) in [5.41, 5.74) is 3.81. The molecule has 3 aromatic rings. The second kappa shape index (κ2) is 9.03. The molecular weight excluding hydrogens is 374 g/mol. The van der Waals surface area contributed by atoms with Crippen molar-refractivity contribution < 1.29 is 13.2 Å². The molecule has 1 N–H and O–H groups in total. The lowest BCUT2D eigenvalue weighted by atomic mass is 10.1. The van der Waals surface area contributed by atoms with Gasteiger partial charge < -0.3 is 10.1 Å². The molecule has 0 atom stereocenters. The zero-order valence-corrected chi connectivity index (χ0v) is 16.9. The fraction of sp³-hybridized carbons (Fsp3) is 0.286. The summed E-state index contributed by atoms with van der Waals surface area (Å²) in [5.74, 6) is 1.09. The highest BCUT2D eigenvalue weighted by Gasteiger charge is 2.13. The van der Waals surface area contributed by atoms with Crippen LogP contribution in [-0.4, -0.2) is 43.4 Å². The van der Waals surface area contributed by atoms with Crippen molar-refractivity contribution in [3.05, 3.63) is 66.4 Å². The minimum atomic E-state index is -2.98. The van der Waals surface area contributed by atoms with Crippen LogP contribution in [0.2, 0.25) is 0 Å². The number of ether oxygens (including phenoxy) is 1. The first kappa shape index (κ1) is 20.1. The maximum absolute atomic E-state index is 11.7. The van der Waals surface area contributed by atoms with Crippen LogP contribution in [0.4, 0.5) is 0 Å². The number of aromatic nitrogens is 2. The normalized spacial score (nSPS) is 11.5. The molecule has 0 bridgehead atoms. The number of hydrogen-bond acceptors (Lipinski definition) is 5. The third kappa shape index (κ3) is 4.99. The Kier molecular flexibility index (Phi) is 6.49. The van der Waals surface area contributed by atoms with Gasteiger partial charge in [-0.05, 0) is 36.4 Å². The van der Waals surface area contributed by atoms with Gasteiger partial charge >= 0.3 is 0 Å². The maximum Gasteiger partial charge on any atom is 0.151 e. The van der Waals surface area contributed by atoms with Crippen LogP contribution in [-0.2, 0) is 16.4 Å². The van der Waals surface area contributed by atoms with Gasteiger partial charge in [-0.15, -0.1) is 0 Å². The lowest BCUT2D eigenvalue weighted by Gasteiger charge is -2.06. The molecule has 0 unspecified atom stereocenters. The Balaban J connectivity index is 1.84. The van der Waals surface area contributed by atoms with E-state index in [-0.39, 0.29) is 11.5 Å². The quantitative estimate of drug-likeness (QED) is 0.560. The molecule has 0 fully saturated rings. The molecule has 0 radical (unpaired) electrons. The first-order valence-electron chi connectivity index (χ1n) is 9.22. The number of nitrogens with zero attached hydrogens (tertiary/aromatic N) is 2. The average Bonchev–Trinajstić information content (AvgIpc) is 3.16. The molecule has 1 aromatic heterocycles. The van der Waals surface area contributed by atoms with Gasteiger partial charge in [-0.1, -0.05) is 25.1 Å². The van der Waals surface area contributed by atoms with E-state index in [0.717, 1.165) is 28.3 Å². The van der Waals surface area contributed by atoms with Crippen LogP contribution in [0.1, 0.15) is 12.5 Å². The van der Waals surface area contributed by atoms with Crippen LogP contribution in [0.25, 0.3) is 16.9 Å². The first-order valence-corrected chi connectivity index (χ1v) is 11.0. The van der Waals surface area contributed by atoms with Crippen LogP contribution < -0.4 is 10.1 Å². The third-order valence-corrected chi connectivity index (χ3v) is 6.23. The molecule has 3 rings (SSSR count). The Morgan fingerprint density at radius 2 is 1.79 bits per heavy atom. The largest absolute Gasteiger partial charge is 0.497 e. The molecule has 1 heterocycles. The van der Waals surface area contributed by atoms with Crippen molar-refractivity contribution in [1.29, 1.82) is 0 Å². The van der Waals surface area contributed by atoms with Crippen LogP contribution >= 0.6 is 0 Å². The highest BCUT2D eigenvalue weighted by molar-refractivity contribution is 7.91. The van der Waals surface area contributed by atoms with E-state index in [0.29, 0.717) is 13.1 Å². The molecule has 0 saturated carbocycles. The molecule has 0 amide bonds. The zero-order chi connectivity index (χ0) is 20.0. The highest BCUT2D eigenvalue weighted by Crippen LogP contribution is 2.25. The Bertz CT molecular complexity index is 997. The van der Waals surface area contributed by atoms with Crippen molar-refractivity contribution in [2.75, 3.05) is 25.2 Å². The highest BCUT2D eigenvalue weighted by atomic mass is 32.2. The van der Waals surface area contributed by atoms with Crippen LogP contribution in [0, 0.1) is 0 Å². The summed E-state index contributed by atoms with van der Waals surface area (Å²) in [4.78, 5) is 0. The third-order valence-electron chi connectivity index (χ3n) is 4.52. The average molecular weight is 400 g/mol. The van der Waals surface area contributed by atoms with Gasteiger partial charge in [-0.3, -0.25) is 0 Å². The number of hydrogen-bond donors (Lipinski definition) is 1. The van der Waals surface area contributed by atoms with E-state index in [9.17, 15) is 8.42 Å². The first-order chi connectivity index (χ1) is 13.5. The van der Waals surface area contributed by atoms with E-state index in [2.05, 4.69) is 5.32 Å². The molecule has 6 nitrogen and oxygen atoms in total. The summed E-state index contributed by atoms with van der Waals surface area (Å²) >= 11 is 0. The van der Waals surface area contributed by atoms with Crippen molar-refractivity contribution in [2.24, 2.45) is 0 Å². The summed E-state index contributed by atoms with van der Waals surface area (Å²) in [6, 6.07) is 17.7. The van der Waals surface area contributed by atoms with Gasteiger partial charge in [-0.2, -0.15) is 5.10 Å². The van der Waals surface area contributed by atoms with Gasteiger partial charge in [-0.25, -0.2) is 13.1 Å². The van der Waals surface area contributed by atoms with Crippen molar-refractivity contribution in [3.63, 3.8) is 0 Å². The van der Waals surface area contributed by atoms with Gasteiger partial charge in [0.05, 0.1) is 24.2 Å². The number of para-hydroxylation sites is 1. The zero-order valence-electron chi connectivity index (χ0n) is 16.1. The van der Waals surface area contributed by atoms with Crippen molar-refractivity contribution in [2.45, 2.75) is 13.5 Å². The van der Waals surface area contributed by atoms with Crippen LogP contribution in [0.15, 0.2) is 60.8 Å². The summed E-state index contributed by atoms with van der Waals surface area (Å²) in [5, 5.41) is 8.00. The Hall–Kier alpha value is -2.64. The minimum Gasteiger partial charge on any atom is -0.497 e. The van der Waals surface area contributed by atoms with E-state index in [1.807, 2.05) is 65.5 Å². The topological polar surface area (TPSA) is 73.2 Å². The van der Waals surface area contributed by atoms with E-state index in [4.69, 9.17) is 9.84 Å². The van der Waals surface area contributed by atoms with E-state index >= 15 is 0 Å². The Morgan fingerprint density at radius 3 is 2.43 bits per heavy atom. The molecule has 0 aliphatic heterocycles. The molecule has 0 aliphatic carbocycles. The molecular formula is C21H25N3O3S. The summed E-state index contributed by atoms with van der Waals surface area (Å²) in [6.45, 7) is 2.61. The Labute approximate surface area is 166 Å². The molecule has 0 aliphatic rings. The predicted molar refractivity (Wildman–Crippen MR) is 112 cm³/mol. The van der Waals surface area contributed by atoms with Crippen LogP contribution in [0.3, 0.4) is 0 Å². The monoisotopic (exact) mass is 399 g/mol. The van der Waals surface area contributed by atoms with E-state index < -0.39 is 9.84 Å². The smallest absolute Gasteiger partial charge is 0.151 e. The van der Waals surface area contributed by atoms with E-state index in [1.165, 1.54) is 0 Å². The molecule has 0 spiro atoms. The summed E-state index contributed by atoms with van der Waals surface area (Å²) in [6.07, 6.45) is 1.98. The molecule has 7 heteroatoms.